The molecule has 2 aromatic rings. The van der Waals surface area contributed by atoms with Gasteiger partial charge in [0.25, 0.3) is 0 Å². The molecule has 1 aliphatic heterocycles. The summed E-state index contributed by atoms with van der Waals surface area (Å²) in [7, 11) is 0. The van der Waals surface area contributed by atoms with Crippen LogP contribution in [0.2, 0.25) is 0 Å². The second-order valence-corrected chi connectivity index (χ2v) is 7.91. The Bertz CT molecular complexity index is 977. The number of morpholine rings is 1. The summed E-state index contributed by atoms with van der Waals surface area (Å²) in [5.41, 5.74) is 3.67. The van der Waals surface area contributed by atoms with Crippen LogP contribution in [-0.2, 0) is 9.53 Å². The molecule has 0 radical (unpaired) electrons. The minimum Gasteiger partial charge on any atom is -0.378 e. The lowest BCUT2D eigenvalue weighted by Crippen LogP contribution is -2.36. The molecule has 0 N–H and O–H groups in total. The van der Waals surface area contributed by atoms with Crippen LogP contribution in [0.1, 0.15) is 50.9 Å². The second kappa shape index (κ2) is 11.4. The molecular formula is C25H30N4O2. The maximum atomic E-state index is 11.7. The van der Waals surface area contributed by atoms with E-state index in [1.807, 2.05) is 32.9 Å². The summed E-state index contributed by atoms with van der Waals surface area (Å²) in [4.78, 5) is 27.4. The normalized spacial score (nSPS) is 13.3. The minimum atomic E-state index is 0.196. The number of anilines is 1. The molecule has 3 rings (SSSR count). The van der Waals surface area contributed by atoms with Crippen molar-refractivity contribution >= 4 is 11.6 Å². The fourth-order valence-electron chi connectivity index (χ4n) is 3.29. The number of pyridine rings is 1. The maximum Gasteiger partial charge on any atom is 0.155 e. The lowest BCUT2D eigenvalue weighted by atomic mass is 10.1. The zero-order valence-electron chi connectivity index (χ0n) is 18.6. The highest BCUT2D eigenvalue weighted by Crippen LogP contribution is 2.23. The molecule has 6 heteroatoms. The van der Waals surface area contributed by atoms with Gasteiger partial charge in [-0.2, -0.15) is 0 Å². The summed E-state index contributed by atoms with van der Waals surface area (Å²) in [6.45, 7) is 8.78. The van der Waals surface area contributed by atoms with Crippen LogP contribution in [0.4, 0.5) is 5.82 Å². The molecular weight excluding hydrogens is 388 g/mol. The first-order valence-electron chi connectivity index (χ1n) is 10.8. The van der Waals surface area contributed by atoms with Crippen molar-refractivity contribution in [2.75, 3.05) is 31.2 Å². The third-order valence-corrected chi connectivity index (χ3v) is 4.88. The van der Waals surface area contributed by atoms with Gasteiger partial charge >= 0.3 is 0 Å². The third-order valence-electron chi connectivity index (χ3n) is 4.88. The SMILES string of the molecule is CC(C)=CC(=O)CCCCC#Cc1cc(-c2cnc(C)nc2)nc(N2CCOCC2)c1. The standard InChI is InChI=1S/C25H30N4O2/c1-19(2)14-23(30)9-7-5-4-6-8-21-15-24(22-17-26-20(3)27-18-22)28-25(16-21)29-10-12-31-13-11-29/h14-18H,4-5,7,9-13H2,1-3H3. The van der Waals surface area contributed by atoms with Gasteiger partial charge in [-0.05, 0) is 51.8 Å². The number of ketones is 1. The van der Waals surface area contributed by atoms with Crippen molar-refractivity contribution in [3.05, 3.63) is 47.6 Å². The fourth-order valence-corrected chi connectivity index (χ4v) is 3.29. The molecule has 0 saturated carbocycles. The van der Waals surface area contributed by atoms with Gasteiger partial charge in [-0.1, -0.05) is 17.4 Å². The number of unbranched alkanes of at least 4 members (excludes halogenated alkanes) is 2. The van der Waals surface area contributed by atoms with Crippen LogP contribution in [0.15, 0.2) is 36.2 Å². The van der Waals surface area contributed by atoms with Crippen LogP contribution < -0.4 is 4.90 Å². The van der Waals surface area contributed by atoms with E-state index >= 15 is 0 Å². The number of rotatable bonds is 7. The van der Waals surface area contributed by atoms with E-state index in [2.05, 4.69) is 26.7 Å². The Kier molecular flexibility index (Phi) is 8.31. The van der Waals surface area contributed by atoms with Gasteiger partial charge in [-0.25, -0.2) is 15.0 Å². The molecule has 0 atom stereocenters. The topological polar surface area (TPSA) is 68.2 Å². The van der Waals surface area contributed by atoms with Crippen LogP contribution in [0.25, 0.3) is 11.3 Å². The summed E-state index contributed by atoms with van der Waals surface area (Å²) in [6.07, 6.45) is 8.43. The molecule has 0 unspecified atom stereocenters. The maximum absolute atomic E-state index is 11.7. The monoisotopic (exact) mass is 418 g/mol. The van der Waals surface area contributed by atoms with Gasteiger partial charge in [-0.15, -0.1) is 0 Å². The van der Waals surface area contributed by atoms with E-state index in [4.69, 9.17) is 9.72 Å². The lowest BCUT2D eigenvalue weighted by Gasteiger charge is -2.28. The van der Waals surface area contributed by atoms with Crippen LogP contribution in [-0.4, -0.2) is 47.0 Å². The Labute approximate surface area is 184 Å². The van der Waals surface area contributed by atoms with Gasteiger partial charge in [0.05, 0.1) is 18.9 Å². The van der Waals surface area contributed by atoms with Crippen LogP contribution in [0.5, 0.6) is 0 Å². The van der Waals surface area contributed by atoms with Crippen molar-refractivity contribution < 1.29 is 9.53 Å². The van der Waals surface area contributed by atoms with Crippen molar-refractivity contribution in [2.24, 2.45) is 0 Å². The van der Waals surface area contributed by atoms with Crippen LogP contribution in [0.3, 0.4) is 0 Å². The van der Waals surface area contributed by atoms with E-state index in [1.165, 1.54) is 0 Å². The van der Waals surface area contributed by atoms with Gasteiger partial charge in [0.15, 0.2) is 5.78 Å². The summed E-state index contributed by atoms with van der Waals surface area (Å²) in [5.74, 6) is 8.37. The number of ether oxygens (including phenoxy) is 1. The number of hydrogen-bond donors (Lipinski definition) is 0. The summed E-state index contributed by atoms with van der Waals surface area (Å²) < 4.78 is 5.47. The number of aryl methyl sites for hydroxylation is 1. The second-order valence-electron chi connectivity index (χ2n) is 7.91. The average molecular weight is 419 g/mol. The molecule has 31 heavy (non-hydrogen) atoms. The first-order chi connectivity index (χ1) is 15.0. The quantitative estimate of drug-likeness (QED) is 0.383. The van der Waals surface area contributed by atoms with Gasteiger partial charge in [0.2, 0.25) is 0 Å². The van der Waals surface area contributed by atoms with E-state index in [-0.39, 0.29) is 5.78 Å². The molecule has 0 spiro atoms. The molecule has 0 aromatic carbocycles. The molecule has 3 heterocycles. The number of carbonyl (C=O) groups is 1. The zero-order valence-corrected chi connectivity index (χ0v) is 18.6. The van der Waals surface area contributed by atoms with E-state index in [0.717, 1.165) is 66.4 Å². The predicted molar refractivity (Wildman–Crippen MR) is 123 cm³/mol. The van der Waals surface area contributed by atoms with Gasteiger partial charge in [0, 0.05) is 49.5 Å². The van der Waals surface area contributed by atoms with E-state index in [0.29, 0.717) is 19.6 Å². The van der Waals surface area contributed by atoms with Gasteiger partial charge in [0.1, 0.15) is 11.6 Å². The Morgan fingerprint density at radius 2 is 1.90 bits per heavy atom. The number of allylic oxidation sites excluding steroid dienone is 2. The third kappa shape index (κ3) is 7.30. The highest BCUT2D eigenvalue weighted by Gasteiger charge is 2.14. The van der Waals surface area contributed by atoms with Gasteiger partial charge < -0.3 is 9.64 Å². The fraction of sp³-hybridized carbons (Fsp3) is 0.440. The molecule has 162 valence electrons. The molecule has 0 bridgehead atoms. The number of nitrogens with zero attached hydrogens (tertiary/aromatic N) is 4. The summed E-state index contributed by atoms with van der Waals surface area (Å²) >= 11 is 0. The van der Waals surface area contributed by atoms with Crippen molar-refractivity contribution in [1.29, 1.82) is 0 Å². The van der Waals surface area contributed by atoms with Crippen molar-refractivity contribution in [3.8, 4) is 23.1 Å². The summed E-state index contributed by atoms with van der Waals surface area (Å²) in [5, 5.41) is 0. The first-order valence-corrected chi connectivity index (χ1v) is 10.8. The Hall–Kier alpha value is -3.04. The smallest absolute Gasteiger partial charge is 0.155 e. The molecule has 1 saturated heterocycles. The van der Waals surface area contributed by atoms with Crippen LogP contribution >= 0.6 is 0 Å². The highest BCUT2D eigenvalue weighted by atomic mass is 16.5. The summed E-state index contributed by atoms with van der Waals surface area (Å²) in [6, 6.07) is 4.03. The van der Waals surface area contributed by atoms with Crippen molar-refractivity contribution in [1.82, 2.24) is 15.0 Å². The van der Waals surface area contributed by atoms with Gasteiger partial charge in [-0.3, -0.25) is 4.79 Å². The van der Waals surface area contributed by atoms with Crippen molar-refractivity contribution in [2.45, 2.75) is 46.5 Å². The minimum absolute atomic E-state index is 0.196. The number of aromatic nitrogens is 3. The Morgan fingerprint density at radius 3 is 2.61 bits per heavy atom. The van der Waals surface area contributed by atoms with E-state index < -0.39 is 0 Å². The molecule has 6 nitrogen and oxygen atoms in total. The molecule has 0 amide bonds. The Balaban J connectivity index is 1.71. The predicted octanol–water partition coefficient (Wildman–Crippen LogP) is 4.13. The highest BCUT2D eigenvalue weighted by molar-refractivity contribution is 5.90. The Morgan fingerprint density at radius 1 is 1.16 bits per heavy atom. The van der Waals surface area contributed by atoms with E-state index in [1.54, 1.807) is 18.5 Å². The van der Waals surface area contributed by atoms with Crippen molar-refractivity contribution in [3.63, 3.8) is 0 Å². The molecule has 0 aliphatic carbocycles. The first kappa shape index (κ1) is 22.6. The van der Waals surface area contributed by atoms with E-state index in [9.17, 15) is 4.79 Å². The molecule has 2 aromatic heterocycles. The average Bonchev–Trinajstić information content (AvgIpc) is 2.76. The number of hydrogen-bond acceptors (Lipinski definition) is 6. The van der Waals surface area contributed by atoms with Crippen LogP contribution in [0, 0.1) is 18.8 Å². The zero-order chi connectivity index (χ0) is 22.1. The lowest BCUT2D eigenvalue weighted by molar-refractivity contribution is -0.114. The largest absolute Gasteiger partial charge is 0.378 e. The number of carbonyl (C=O) groups excluding carboxylic acids is 1. The molecule has 1 aliphatic rings. The molecule has 1 fully saturated rings.